The van der Waals surface area contributed by atoms with Crippen molar-refractivity contribution in [2.75, 3.05) is 18.4 Å². The van der Waals surface area contributed by atoms with Crippen LogP contribution in [0.25, 0.3) is 32.9 Å². The molecule has 0 aliphatic rings. The van der Waals surface area contributed by atoms with E-state index < -0.39 is 13.3 Å². The van der Waals surface area contributed by atoms with Gasteiger partial charge < -0.3 is 14.2 Å². The number of pyridine rings is 1. The van der Waals surface area contributed by atoms with Gasteiger partial charge in [0, 0.05) is 41.7 Å². The van der Waals surface area contributed by atoms with E-state index in [-0.39, 0.29) is 4.88 Å². The number of anilines is 1. The minimum Gasteiger partial charge on any atom is -0.477 e. The lowest BCUT2D eigenvalue weighted by Crippen LogP contribution is -2.23. The van der Waals surface area contributed by atoms with E-state index >= 15 is 0 Å². The summed E-state index contributed by atoms with van der Waals surface area (Å²) in [5.41, 5.74) is 5.75. The number of nitrogens with zero attached hydrogens (tertiary/aromatic N) is 2. The number of benzene rings is 2. The van der Waals surface area contributed by atoms with E-state index in [4.69, 9.17) is 4.42 Å². The van der Waals surface area contributed by atoms with Crippen LogP contribution in [0.1, 0.15) is 20.8 Å². The number of carboxylic acid groups (broad SMARTS) is 1. The molecule has 8 heteroatoms. The molecule has 0 bridgehead atoms. The summed E-state index contributed by atoms with van der Waals surface area (Å²) in [4.78, 5) is 17.4. The van der Waals surface area contributed by atoms with Gasteiger partial charge in [-0.1, -0.05) is 42.0 Å². The number of aromatic nitrogens is 1. The fourth-order valence-electron chi connectivity index (χ4n) is 4.37. The predicted molar refractivity (Wildman–Crippen MR) is 147 cm³/mol. The molecule has 3 heterocycles. The van der Waals surface area contributed by atoms with E-state index in [1.54, 1.807) is 24.6 Å². The van der Waals surface area contributed by atoms with Crippen molar-refractivity contribution in [3.8, 4) is 21.8 Å². The lowest BCUT2D eigenvalue weighted by Gasteiger charge is -2.28. The first-order valence-corrected chi connectivity index (χ1v) is 14.3. The number of hydrogen-bond donors (Lipinski definition) is 1. The molecule has 0 saturated heterocycles. The van der Waals surface area contributed by atoms with E-state index in [0.29, 0.717) is 11.4 Å². The number of aromatic carboxylic acids is 1. The van der Waals surface area contributed by atoms with Gasteiger partial charge in [-0.15, -0.1) is 11.3 Å². The first-order valence-electron chi connectivity index (χ1n) is 11.4. The second kappa shape index (κ2) is 9.08. The number of carboxylic acids is 1. The van der Waals surface area contributed by atoms with Crippen molar-refractivity contribution in [3.63, 3.8) is 0 Å². The summed E-state index contributed by atoms with van der Waals surface area (Å²) in [7, 11) is -1.36. The van der Waals surface area contributed by atoms with Gasteiger partial charge >= 0.3 is 5.97 Å². The molecule has 1 atom stereocenters. The van der Waals surface area contributed by atoms with Crippen molar-refractivity contribution >= 4 is 46.7 Å². The Hall–Kier alpha value is -3.67. The van der Waals surface area contributed by atoms with Crippen LogP contribution in [0.3, 0.4) is 0 Å². The molecule has 0 aliphatic carbocycles. The first-order chi connectivity index (χ1) is 17.1. The van der Waals surface area contributed by atoms with Crippen LogP contribution in [0.2, 0.25) is 0 Å². The van der Waals surface area contributed by atoms with Crippen molar-refractivity contribution in [2.45, 2.75) is 13.8 Å². The van der Waals surface area contributed by atoms with Gasteiger partial charge in [0.2, 0.25) is 0 Å². The topological polar surface area (TPSA) is 83.6 Å². The molecule has 1 N–H and O–H groups in total. The van der Waals surface area contributed by atoms with Gasteiger partial charge in [-0.05, 0) is 49.2 Å². The van der Waals surface area contributed by atoms with Gasteiger partial charge in [0.05, 0.1) is 5.69 Å². The highest BCUT2D eigenvalue weighted by Gasteiger charge is 2.31. The molecule has 6 nitrogen and oxygen atoms in total. The molecule has 0 fully saturated rings. The summed E-state index contributed by atoms with van der Waals surface area (Å²) >= 11 is 1.18. The Morgan fingerprint density at radius 2 is 1.75 bits per heavy atom. The quantitative estimate of drug-likeness (QED) is 0.240. The summed E-state index contributed by atoms with van der Waals surface area (Å²) in [5, 5.41) is 10.7. The number of furan rings is 1. The normalized spacial score (nSPS) is 13.0. The van der Waals surface area contributed by atoms with Crippen molar-refractivity contribution < 1.29 is 18.9 Å². The smallest absolute Gasteiger partial charge is 0.348 e. The maximum Gasteiger partial charge on any atom is 0.348 e. The minimum atomic E-state index is -3.06. The third-order valence-corrected chi connectivity index (χ3v) is 10.3. The third-order valence-electron chi connectivity index (χ3n) is 6.37. The average Bonchev–Trinajstić information content (AvgIpc) is 3.48. The Morgan fingerprint density at radius 3 is 2.42 bits per heavy atom. The highest BCUT2D eigenvalue weighted by atomic mass is 32.1. The maximum atomic E-state index is 14.0. The molecule has 182 valence electrons. The Kier molecular flexibility index (Phi) is 6.07. The van der Waals surface area contributed by atoms with Crippen LogP contribution in [0.15, 0.2) is 77.3 Å². The fraction of sp³-hybridized carbons (Fsp3) is 0.143. The van der Waals surface area contributed by atoms with Gasteiger partial charge in [-0.25, -0.2) is 4.79 Å². The van der Waals surface area contributed by atoms with Crippen LogP contribution in [0.5, 0.6) is 0 Å². The predicted octanol–water partition coefficient (Wildman–Crippen LogP) is 7.21. The molecule has 0 spiro atoms. The van der Waals surface area contributed by atoms with Crippen LogP contribution in [-0.2, 0) is 4.57 Å². The number of thiophene rings is 1. The van der Waals surface area contributed by atoms with E-state index in [0.717, 1.165) is 43.5 Å². The molecule has 1 unspecified atom stereocenters. The maximum absolute atomic E-state index is 14.0. The van der Waals surface area contributed by atoms with Crippen molar-refractivity contribution in [1.29, 1.82) is 0 Å². The zero-order chi connectivity index (χ0) is 25.6. The second-order valence-corrected chi connectivity index (χ2v) is 12.8. The Bertz CT molecular complexity index is 1620. The van der Waals surface area contributed by atoms with Gasteiger partial charge in [0.1, 0.15) is 16.2 Å². The van der Waals surface area contributed by atoms with E-state index in [9.17, 15) is 14.5 Å². The molecule has 5 rings (SSSR count). The number of rotatable bonds is 6. The van der Waals surface area contributed by atoms with Crippen LogP contribution in [0, 0.1) is 13.8 Å². The van der Waals surface area contributed by atoms with Gasteiger partial charge in [-0.2, -0.15) is 0 Å². The minimum absolute atomic E-state index is 0.159. The summed E-state index contributed by atoms with van der Waals surface area (Å²) in [5.74, 6) is -0.325. The van der Waals surface area contributed by atoms with Crippen molar-refractivity contribution in [1.82, 2.24) is 4.98 Å². The highest BCUT2D eigenvalue weighted by Crippen LogP contribution is 2.50. The number of carbonyl (C=O) groups is 1. The largest absolute Gasteiger partial charge is 0.477 e. The van der Waals surface area contributed by atoms with Crippen LogP contribution < -0.4 is 9.97 Å². The summed E-state index contributed by atoms with van der Waals surface area (Å²) in [6, 6.07) is 21.0. The van der Waals surface area contributed by atoms with Crippen LogP contribution in [0.4, 0.5) is 5.69 Å². The third kappa shape index (κ3) is 4.25. The standard InChI is InChI=1S/C28H25N2O4PS/c1-17-7-12-25(18(2)14-17)35(4,33)30(3)22-16-26(36-27(22)28(31)32)20-10-8-19(9-11-20)24-15-21-23(34-24)6-5-13-29-21/h5-16H,1-4H3,(H,31,32). The molecule has 5 aromatic rings. The first kappa shape index (κ1) is 24.0. The molecular weight excluding hydrogens is 491 g/mol. The molecule has 3 aromatic heterocycles. The molecule has 0 saturated carbocycles. The van der Waals surface area contributed by atoms with E-state index in [2.05, 4.69) is 4.98 Å². The van der Waals surface area contributed by atoms with Gasteiger partial charge in [-0.3, -0.25) is 9.55 Å². The molecular formula is C28H25N2O4PS. The second-order valence-electron chi connectivity index (χ2n) is 8.90. The SMILES string of the molecule is Cc1ccc(P(C)(=O)N(C)c2cc(-c3ccc(-c4cc5ncccc5o4)cc3)sc2C(=O)O)c(C)c1. The van der Waals surface area contributed by atoms with Gasteiger partial charge in [0.15, 0.2) is 12.9 Å². The molecule has 36 heavy (non-hydrogen) atoms. The summed E-state index contributed by atoms with van der Waals surface area (Å²) < 4.78 is 21.5. The van der Waals surface area contributed by atoms with E-state index in [1.807, 2.05) is 80.6 Å². The Morgan fingerprint density at radius 1 is 1.03 bits per heavy atom. The van der Waals surface area contributed by atoms with Crippen LogP contribution in [-0.4, -0.2) is 29.8 Å². The number of aryl methyl sites for hydroxylation is 2. The van der Waals surface area contributed by atoms with Gasteiger partial charge in [0.25, 0.3) is 0 Å². The summed E-state index contributed by atoms with van der Waals surface area (Å²) in [6.45, 7) is 5.61. The van der Waals surface area contributed by atoms with Crippen LogP contribution >= 0.6 is 18.6 Å². The molecule has 0 amide bonds. The zero-order valence-corrected chi connectivity index (χ0v) is 22.1. The highest BCUT2D eigenvalue weighted by molar-refractivity contribution is 7.72. The molecule has 2 aromatic carbocycles. The number of hydrogen-bond acceptors (Lipinski definition) is 5. The van der Waals surface area contributed by atoms with Crippen molar-refractivity contribution in [3.05, 3.63) is 88.9 Å². The summed E-state index contributed by atoms with van der Waals surface area (Å²) in [6.07, 6.45) is 1.73. The lowest BCUT2D eigenvalue weighted by atomic mass is 10.1. The Balaban J connectivity index is 1.50. The molecule has 0 radical (unpaired) electrons. The fourth-order valence-corrected chi connectivity index (χ4v) is 7.43. The average molecular weight is 517 g/mol. The van der Waals surface area contributed by atoms with E-state index in [1.165, 1.54) is 11.3 Å². The Labute approximate surface area is 213 Å². The van der Waals surface area contributed by atoms with Crippen molar-refractivity contribution in [2.24, 2.45) is 0 Å². The zero-order valence-electron chi connectivity index (χ0n) is 20.4. The monoisotopic (exact) mass is 516 g/mol. The number of fused-ring (bicyclic) bond motifs is 1. The molecule has 0 aliphatic heterocycles. The lowest BCUT2D eigenvalue weighted by molar-refractivity contribution is 0.0703.